The average molecular weight is 282 g/mol. The highest BCUT2D eigenvalue weighted by molar-refractivity contribution is 4.98. The molecule has 1 aromatic rings. The van der Waals surface area contributed by atoms with Crippen LogP contribution in [0.3, 0.4) is 0 Å². The number of ether oxygens (including phenoxy) is 1. The smallest absolute Gasteiger partial charge is 0.243 e. The second kappa shape index (κ2) is 6.65. The van der Waals surface area contributed by atoms with Crippen LogP contribution in [0.25, 0.3) is 0 Å². The van der Waals surface area contributed by atoms with Crippen LogP contribution in [0.4, 0.5) is 0 Å². The van der Waals surface area contributed by atoms with Crippen molar-refractivity contribution in [2.24, 2.45) is 11.7 Å². The zero-order valence-electron chi connectivity index (χ0n) is 12.9. The van der Waals surface area contributed by atoms with Crippen LogP contribution in [0, 0.1) is 5.92 Å². The molecule has 2 heterocycles. The van der Waals surface area contributed by atoms with Gasteiger partial charge in [0.1, 0.15) is 6.10 Å². The van der Waals surface area contributed by atoms with Crippen LogP contribution < -0.4 is 5.73 Å². The molecule has 1 aliphatic rings. The molecule has 0 saturated carbocycles. The van der Waals surface area contributed by atoms with Gasteiger partial charge in [-0.3, -0.25) is 4.90 Å². The van der Waals surface area contributed by atoms with Gasteiger partial charge in [0, 0.05) is 19.1 Å². The summed E-state index contributed by atoms with van der Waals surface area (Å²) in [7, 11) is 0. The fourth-order valence-corrected chi connectivity index (χ4v) is 2.31. The Morgan fingerprint density at radius 1 is 1.40 bits per heavy atom. The highest BCUT2D eigenvalue weighted by Gasteiger charge is 2.29. The molecule has 1 fully saturated rings. The Kier molecular flexibility index (Phi) is 5.12. The quantitative estimate of drug-likeness (QED) is 0.888. The average Bonchev–Trinajstić information content (AvgIpc) is 2.95. The standard InChI is InChI=1S/C14H26N4O2/c1-5-10(4)12(15)14-16-13(17-20-14)11-8-18(9(2)3)6-7-19-11/h9-12H,5-8,15H2,1-4H3. The van der Waals surface area contributed by atoms with Crippen molar-refractivity contribution in [1.29, 1.82) is 0 Å². The number of hydrogen-bond donors (Lipinski definition) is 1. The molecule has 0 aromatic carbocycles. The zero-order valence-corrected chi connectivity index (χ0v) is 12.9. The van der Waals surface area contributed by atoms with E-state index in [1.165, 1.54) is 0 Å². The molecule has 0 radical (unpaired) electrons. The van der Waals surface area contributed by atoms with Gasteiger partial charge in [-0.15, -0.1) is 0 Å². The van der Waals surface area contributed by atoms with Crippen molar-refractivity contribution >= 4 is 0 Å². The fraction of sp³-hybridized carbons (Fsp3) is 0.857. The Balaban J connectivity index is 2.04. The molecule has 0 bridgehead atoms. The molecule has 3 unspecified atom stereocenters. The third-order valence-electron chi connectivity index (χ3n) is 4.12. The van der Waals surface area contributed by atoms with Crippen LogP contribution in [0.5, 0.6) is 0 Å². The summed E-state index contributed by atoms with van der Waals surface area (Å²) in [5, 5.41) is 4.05. The number of aromatic nitrogens is 2. The summed E-state index contributed by atoms with van der Waals surface area (Å²) in [5.74, 6) is 1.45. The maximum atomic E-state index is 6.12. The summed E-state index contributed by atoms with van der Waals surface area (Å²) in [4.78, 5) is 6.80. The minimum Gasteiger partial charge on any atom is -0.367 e. The molecule has 0 aliphatic carbocycles. The molecule has 0 amide bonds. The van der Waals surface area contributed by atoms with Crippen LogP contribution in [-0.4, -0.2) is 40.8 Å². The summed E-state index contributed by atoms with van der Waals surface area (Å²) < 4.78 is 11.1. The van der Waals surface area contributed by atoms with Crippen LogP contribution >= 0.6 is 0 Å². The maximum Gasteiger partial charge on any atom is 0.243 e. The highest BCUT2D eigenvalue weighted by atomic mass is 16.5. The van der Waals surface area contributed by atoms with E-state index in [9.17, 15) is 0 Å². The van der Waals surface area contributed by atoms with Crippen LogP contribution in [0.1, 0.15) is 58.0 Å². The third-order valence-corrected chi connectivity index (χ3v) is 4.12. The molecule has 2 rings (SSSR count). The number of nitrogens with two attached hydrogens (primary N) is 1. The Hall–Kier alpha value is -0.980. The lowest BCUT2D eigenvalue weighted by Gasteiger charge is -2.34. The zero-order chi connectivity index (χ0) is 14.7. The first kappa shape index (κ1) is 15.4. The largest absolute Gasteiger partial charge is 0.367 e. The molecule has 6 heteroatoms. The van der Waals surface area contributed by atoms with E-state index in [0.717, 1.165) is 19.5 Å². The third kappa shape index (κ3) is 3.37. The minimum atomic E-state index is -0.203. The van der Waals surface area contributed by atoms with Crippen LogP contribution in [0.2, 0.25) is 0 Å². The SMILES string of the molecule is CCC(C)C(N)c1nc(C2CN(C(C)C)CCO2)no1. The van der Waals surface area contributed by atoms with Crippen LogP contribution in [-0.2, 0) is 4.74 Å². The van der Waals surface area contributed by atoms with E-state index in [2.05, 4.69) is 42.7 Å². The van der Waals surface area contributed by atoms with Gasteiger partial charge in [-0.05, 0) is 19.8 Å². The molecule has 1 aliphatic heterocycles. The Morgan fingerprint density at radius 2 is 2.15 bits per heavy atom. The Bertz CT molecular complexity index is 421. The van der Waals surface area contributed by atoms with Gasteiger partial charge < -0.3 is 15.0 Å². The minimum absolute atomic E-state index is 0.118. The molecule has 3 atom stereocenters. The molecule has 20 heavy (non-hydrogen) atoms. The summed E-state index contributed by atoms with van der Waals surface area (Å²) in [5.41, 5.74) is 6.12. The van der Waals surface area contributed by atoms with Gasteiger partial charge in [0.05, 0.1) is 12.6 Å². The van der Waals surface area contributed by atoms with Crippen molar-refractivity contribution < 1.29 is 9.26 Å². The molecular weight excluding hydrogens is 256 g/mol. The first-order valence-corrected chi connectivity index (χ1v) is 7.47. The highest BCUT2D eigenvalue weighted by Crippen LogP contribution is 2.25. The normalized spacial score (nSPS) is 24.0. The van der Waals surface area contributed by atoms with Gasteiger partial charge in [-0.1, -0.05) is 25.4 Å². The van der Waals surface area contributed by atoms with E-state index in [-0.39, 0.29) is 12.1 Å². The Labute approximate surface area is 120 Å². The lowest BCUT2D eigenvalue weighted by molar-refractivity contribution is -0.0450. The van der Waals surface area contributed by atoms with Gasteiger partial charge in [-0.25, -0.2) is 0 Å². The van der Waals surface area contributed by atoms with Crippen molar-refractivity contribution in [3.8, 4) is 0 Å². The second-order valence-corrected chi connectivity index (χ2v) is 5.85. The predicted molar refractivity (Wildman–Crippen MR) is 76.1 cm³/mol. The predicted octanol–water partition coefficient (Wildman–Crippen LogP) is 1.90. The monoisotopic (exact) mass is 282 g/mol. The topological polar surface area (TPSA) is 77.4 Å². The maximum absolute atomic E-state index is 6.12. The number of morpholine rings is 1. The van der Waals surface area contributed by atoms with Crippen molar-refractivity contribution in [2.75, 3.05) is 19.7 Å². The van der Waals surface area contributed by atoms with Gasteiger partial charge >= 0.3 is 0 Å². The molecular formula is C14H26N4O2. The number of nitrogens with zero attached hydrogens (tertiary/aromatic N) is 3. The van der Waals surface area contributed by atoms with Crippen LogP contribution in [0.15, 0.2) is 4.52 Å². The first-order chi connectivity index (χ1) is 9.52. The van der Waals surface area contributed by atoms with Gasteiger partial charge in [0.2, 0.25) is 11.7 Å². The summed E-state index contributed by atoms with van der Waals surface area (Å²) in [6, 6.07) is 0.293. The number of rotatable bonds is 5. The lowest BCUT2D eigenvalue weighted by atomic mass is 10.0. The number of hydrogen-bond acceptors (Lipinski definition) is 6. The molecule has 114 valence electrons. The van der Waals surface area contributed by atoms with E-state index in [1.54, 1.807) is 0 Å². The first-order valence-electron chi connectivity index (χ1n) is 7.47. The van der Waals surface area contributed by atoms with Gasteiger partial charge in [0.25, 0.3) is 0 Å². The van der Waals surface area contributed by atoms with E-state index < -0.39 is 0 Å². The molecule has 2 N–H and O–H groups in total. The summed E-state index contributed by atoms with van der Waals surface area (Å²) >= 11 is 0. The summed E-state index contributed by atoms with van der Waals surface area (Å²) in [6.07, 6.45) is 0.868. The van der Waals surface area contributed by atoms with Crippen molar-refractivity contribution in [3.63, 3.8) is 0 Å². The lowest BCUT2D eigenvalue weighted by Crippen LogP contribution is -2.42. The molecule has 1 aromatic heterocycles. The van der Waals surface area contributed by atoms with E-state index in [4.69, 9.17) is 15.0 Å². The van der Waals surface area contributed by atoms with E-state index in [1.807, 2.05) is 0 Å². The van der Waals surface area contributed by atoms with Gasteiger partial charge in [0.15, 0.2) is 0 Å². The van der Waals surface area contributed by atoms with E-state index in [0.29, 0.717) is 30.3 Å². The van der Waals surface area contributed by atoms with Crippen molar-refractivity contribution in [3.05, 3.63) is 11.7 Å². The fourth-order valence-electron chi connectivity index (χ4n) is 2.31. The molecule has 0 spiro atoms. The molecule has 1 saturated heterocycles. The molecule has 6 nitrogen and oxygen atoms in total. The van der Waals surface area contributed by atoms with E-state index >= 15 is 0 Å². The second-order valence-electron chi connectivity index (χ2n) is 5.85. The van der Waals surface area contributed by atoms with Crippen molar-refractivity contribution in [1.82, 2.24) is 15.0 Å². The van der Waals surface area contributed by atoms with Crippen molar-refractivity contribution in [2.45, 2.75) is 52.3 Å². The summed E-state index contributed by atoms with van der Waals surface area (Å²) in [6.45, 7) is 11.0. The van der Waals surface area contributed by atoms with Gasteiger partial charge in [-0.2, -0.15) is 4.98 Å². The Morgan fingerprint density at radius 3 is 2.80 bits per heavy atom.